The van der Waals surface area contributed by atoms with Crippen LogP contribution in [0.15, 0.2) is 24.3 Å². The van der Waals surface area contributed by atoms with Gasteiger partial charge in [-0.1, -0.05) is 19.9 Å². The molecule has 0 amide bonds. The summed E-state index contributed by atoms with van der Waals surface area (Å²) in [6.45, 7) is 4.23. The molecule has 96 valence electrons. The van der Waals surface area contributed by atoms with Gasteiger partial charge in [-0.05, 0) is 36.1 Å². The van der Waals surface area contributed by atoms with Crippen LogP contribution in [0, 0.1) is 0 Å². The first-order chi connectivity index (χ1) is 8.52. The van der Waals surface area contributed by atoms with Crippen LogP contribution in [0.4, 0.5) is 14.5 Å². The Morgan fingerprint density at radius 2 is 2.00 bits per heavy atom. The summed E-state index contributed by atoms with van der Waals surface area (Å²) in [6.07, 6.45) is -1.57. The van der Waals surface area contributed by atoms with E-state index in [4.69, 9.17) is 5.73 Å². The number of anilines is 1. The van der Waals surface area contributed by atoms with E-state index in [1.807, 2.05) is 12.1 Å². The maximum atomic E-state index is 12.6. The highest BCUT2D eigenvalue weighted by Crippen LogP contribution is 2.29. The molecule has 0 aliphatic rings. The zero-order valence-electron chi connectivity index (χ0n) is 10.5. The number of nitrogen functional groups attached to an aromatic ring is 1. The zero-order chi connectivity index (χ0) is 13.3. The summed E-state index contributed by atoms with van der Waals surface area (Å²) in [5, 5.41) is 0.747. The van der Waals surface area contributed by atoms with Gasteiger partial charge in [-0.15, -0.1) is 0 Å². The van der Waals surface area contributed by atoms with Gasteiger partial charge in [0.2, 0.25) is 0 Å². The first-order valence-corrected chi connectivity index (χ1v) is 6.01. The Labute approximate surface area is 105 Å². The van der Waals surface area contributed by atoms with Crippen molar-refractivity contribution >= 4 is 16.6 Å². The summed E-state index contributed by atoms with van der Waals surface area (Å²) in [6, 6.07) is 6.89. The van der Waals surface area contributed by atoms with Crippen molar-refractivity contribution in [3.63, 3.8) is 0 Å². The van der Waals surface area contributed by atoms with E-state index in [2.05, 4.69) is 18.8 Å². The number of alkyl halides is 2. The fraction of sp³-hybridized carbons (Fsp3) is 0.357. The fourth-order valence-corrected chi connectivity index (χ4v) is 1.94. The van der Waals surface area contributed by atoms with Crippen molar-refractivity contribution in [2.45, 2.75) is 32.6 Å². The first-order valence-electron chi connectivity index (χ1n) is 6.01. The van der Waals surface area contributed by atoms with Gasteiger partial charge in [-0.3, -0.25) is 0 Å². The smallest absolute Gasteiger partial charge is 0.280 e. The highest BCUT2D eigenvalue weighted by molar-refractivity contribution is 5.90. The van der Waals surface area contributed by atoms with Gasteiger partial charge in [0.05, 0.1) is 5.52 Å². The lowest BCUT2D eigenvalue weighted by molar-refractivity contribution is 0.146. The largest absolute Gasteiger partial charge is 0.398 e. The van der Waals surface area contributed by atoms with E-state index in [9.17, 15) is 8.78 Å². The highest BCUT2D eigenvalue weighted by atomic mass is 19.3. The molecule has 0 aliphatic carbocycles. The second-order valence-electron chi connectivity index (χ2n) is 4.52. The quantitative estimate of drug-likeness (QED) is 0.883. The van der Waals surface area contributed by atoms with Gasteiger partial charge in [0.25, 0.3) is 6.43 Å². The van der Waals surface area contributed by atoms with Crippen LogP contribution in [0.2, 0.25) is 0 Å². The number of hydrogen-bond acceptors (Lipinski definition) is 2. The number of hydrogen-bond donors (Lipinski definition) is 1. The molecule has 0 fully saturated rings. The Balaban J connectivity index is 2.58. The number of aromatic nitrogens is 1. The monoisotopic (exact) mass is 250 g/mol. The SMILES string of the molecule is CCC(C)c1ccc2nc(C(F)F)cc(N)c2c1. The van der Waals surface area contributed by atoms with Gasteiger partial charge < -0.3 is 5.73 Å². The molecule has 0 saturated heterocycles. The maximum absolute atomic E-state index is 12.6. The first kappa shape index (κ1) is 12.7. The molecule has 0 bridgehead atoms. The van der Waals surface area contributed by atoms with E-state index in [1.165, 1.54) is 6.07 Å². The molecule has 2 N–H and O–H groups in total. The standard InChI is InChI=1S/C14H16F2N2/c1-3-8(2)9-4-5-12-10(6-9)11(17)7-13(18-12)14(15)16/h4-8,14H,3H2,1-2H3,(H2,17,18). The molecule has 1 aromatic heterocycles. The molecule has 1 aromatic carbocycles. The summed E-state index contributed by atoms with van der Waals surface area (Å²) in [5.41, 5.74) is 7.61. The van der Waals surface area contributed by atoms with Crippen molar-refractivity contribution in [3.8, 4) is 0 Å². The Kier molecular flexibility index (Phi) is 3.45. The van der Waals surface area contributed by atoms with Gasteiger partial charge in [0, 0.05) is 11.1 Å². The molecule has 1 atom stereocenters. The van der Waals surface area contributed by atoms with Crippen LogP contribution in [-0.4, -0.2) is 4.98 Å². The molecule has 2 rings (SSSR count). The Morgan fingerprint density at radius 3 is 2.61 bits per heavy atom. The van der Waals surface area contributed by atoms with Crippen LogP contribution in [0.1, 0.15) is 43.9 Å². The van der Waals surface area contributed by atoms with Crippen molar-refractivity contribution < 1.29 is 8.78 Å². The summed E-state index contributed by atoms with van der Waals surface area (Å²) < 4.78 is 25.2. The van der Waals surface area contributed by atoms with Gasteiger partial charge >= 0.3 is 0 Å². The normalized spacial score (nSPS) is 13.2. The molecule has 0 aliphatic heterocycles. The molecule has 4 heteroatoms. The number of benzene rings is 1. The molecule has 1 heterocycles. The van der Waals surface area contributed by atoms with Crippen LogP contribution in [0.5, 0.6) is 0 Å². The fourth-order valence-electron chi connectivity index (χ4n) is 1.94. The molecule has 0 spiro atoms. The van der Waals surface area contributed by atoms with Crippen molar-refractivity contribution in [1.82, 2.24) is 4.98 Å². The topological polar surface area (TPSA) is 38.9 Å². The van der Waals surface area contributed by atoms with Crippen LogP contribution in [0.25, 0.3) is 10.9 Å². The van der Waals surface area contributed by atoms with E-state index in [-0.39, 0.29) is 5.69 Å². The Bertz CT molecular complexity index is 567. The van der Waals surface area contributed by atoms with E-state index < -0.39 is 6.43 Å². The van der Waals surface area contributed by atoms with Gasteiger partial charge in [-0.2, -0.15) is 0 Å². The van der Waals surface area contributed by atoms with E-state index in [1.54, 1.807) is 6.07 Å². The summed E-state index contributed by atoms with van der Waals surface area (Å²) in [7, 11) is 0. The predicted molar refractivity (Wildman–Crippen MR) is 69.8 cm³/mol. The van der Waals surface area contributed by atoms with E-state index in [0.29, 0.717) is 17.1 Å². The lowest BCUT2D eigenvalue weighted by Gasteiger charge is -2.11. The van der Waals surface area contributed by atoms with E-state index >= 15 is 0 Å². The molecule has 0 saturated carbocycles. The van der Waals surface area contributed by atoms with Crippen molar-refractivity contribution in [1.29, 1.82) is 0 Å². The molecule has 18 heavy (non-hydrogen) atoms. The average molecular weight is 250 g/mol. The number of nitrogens with two attached hydrogens (primary N) is 1. The predicted octanol–water partition coefficient (Wildman–Crippen LogP) is 4.27. The third-order valence-electron chi connectivity index (χ3n) is 3.29. The summed E-state index contributed by atoms with van der Waals surface area (Å²) in [5.74, 6) is 0.420. The number of nitrogens with zero attached hydrogens (tertiary/aromatic N) is 1. The third kappa shape index (κ3) is 2.28. The summed E-state index contributed by atoms with van der Waals surface area (Å²) in [4.78, 5) is 3.93. The molecular formula is C14H16F2N2. The van der Waals surface area contributed by atoms with Crippen LogP contribution in [0.3, 0.4) is 0 Å². The molecule has 1 unspecified atom stereocenters. The Morgan fingerprint density at radius 1 is 1.28 bits per heavy atom. The lowest BCUT2D eigenvalue weighted by Crippen LogP contribution is -1.98. The minimum Gasteiger partial charge on any atom is -0.398 e. The molecule has 2 aromatic rings. The third-order valence-corrected chi connectivity index (χ3v) is 3.29. The second kappa shape index (κ2) is 4.88. The number of pyridine rings is 1. The van der Waals surface area contributed by atoms with Crippen molar-refractivity contribution in [3.05, 3.63) is 35.5 Å². The van der Waals surface area contributed by atoms with Crippen molar-refractivity contribution in [2.75, 3.05) is 5.73 Å². The molecule has 2 nitrogen and oxygen atoms in total. The van der Waals surface area contributed by atoms with Gasteiger partial charge in [0.1, 0.15) is 5.69 Å². The maximum Gasteiger partial charge on any atom is 0.280 e. The highest BCUT2D eigenvalue weighted by Gasteiger charge is 2.13. The number of rotatable bonds is 3. The van der Waals surface area contributed by atoms with Gasteiger partial charge in [0.15, 0.2) is 0 Å². The number of halogens is 2. The minimum atomic E-state index is -2.59. The molecular weight excluding hydrogens is 234 g/mol. The number of fused-ring (bicyclic) bond motifs is 1. The van der Waals surface area contributed by atoms with Gasteiger partial charge in [-0.25, -0.2) is 13.8 Å². The van der Waals surface area contributed by atoms with E-state index in [0.717, 1.165) is 17.4 Å². The zero-order valence-corrected chi connectivity index (χ0v) is 10.5. The molecule has 0 radical (unpaired) electrons. The minimum absolute atomic E-state index is 0.267. The lowest BCUT2D eigenvalue weighted by atomic mass is 9.96. The van der Waals surface area contributed by atoms with Crippen molar-refractivity contribution in [2.24, 2.45) is 0 Å². The van der Waals surface area contributed by atoms with Crippen LogP contribution < -0.4 is 5.73 Å². The second-order valence-corrected chi connectivity index (χ2v) is 4.52. The average Bonchev–Trinajstić information content (AvgIpc) is 2.37. The summed E-state index contributed by atoms with van der Waals surface area (Å²) >= 11 is 0. The van der Waals surface area contributed by atoms with Crippen LogP contribution in [-0.2, 0) is 0 Å². The Hall–Kier alpha value is -1.71. The van der Waals surface area contributed by atoms with Crippen LogP contribution >= 0.6 is 0 Å².